The van der Waals surface area contributed by atoms with Crippen molar-refractivity contribution in [3.8, 4) is 0 Å². The van der Waals surface area contributed by atoms with Crippen LogP contribution in [0.2, 0.25) is 0 Å². The van der Waals surface area contributed by atoms with Gasteiger partial charge in [0.15, 0.2) is 0 Å². The first-order valence-corrected chi connectivity index (χ1v) is 10.5. The van der Waals surface area contributed by atoms with Crippen molar-refractivity contribution in [1.29, 1.82) is 0 Å². The van der Waals surface area contributed by atoms with Crippen molar-refractivity contribution in [3.05, 3.63) is 66.8 Å². The van der Waals surface area contributed by atoms with Crippen molar-refractivity contribution in [2.75, 3.05) is 13.2 Å². The Morgan fingerprint density at radius 3 is 1.55 bits per heavy atom. The zero-order chi connectivity index (χ0) is 22.3. The predicted molar refractivity (Wildman–Crippen MR) is 113 cm³/mol. The quantitative estimate of drug-likeness (QED) is 0.462. The van der Waals surface area contributed by atoms with Crippen LogP contribution in [0.3, 0.4) is 0 Å². The number of hydrogen-bond acceptors (Lipinski definition) is 5. The summed E-state index contributed by atoms with van der Waals surface area (Å²) in [6.07, 6.45) is 9.48. The van der Waals surface area contributed by atoms with Gasteiger partial charge in [0, 0.05) is 37.7 Å². The van der Waals surface area contributed by atoms with E-state index in [0.717, 1.165) is 38.9 Å². The molecule has 1 saturated carbocycles. The van der Waals surface area contributed by atoms with Crippen LogP contribution >= 0.6 is 0 Å². The molecule has 0 bridgehead atoms. The number of hydrogen-bond donors (Lipinski definition) is 2. The van der Waals surface area contributed by atoms with E-state index in [4.69, 9.17) is 9.39 Å². The van der Waals surface area contributed by atoms with E-state index in [0.29, 0.717) is 11.4 Å². The molecule has 33 heavy (non-hydrogen) atoms. The molecule has 0 spiro atoms. The van der Waals surface area contributed by atoms with E-state index in [1.165, 1.54) is 12.8 Å². The van der Waals surface area contributed by atoms with Gasteiger partial charge in [0.2, 0.25) is 0 Å². The third kappa shape index (κ3) is 11.1. The second kappa shape index (κ2) is 18.4. The predicted octanol–water partition coefficient (Wildman–Crippen LogP) is 2.70. The number of rotatable bonds is 4. The van der Waals surface area contributed by atoms with Crippen molar-refractivity contribution >= 4 is 11.8 Å². The number of carbonyl (C=O) groups is 2. The van der Waals surface area contributed by atoms with Gasteiger partial charge >= 0.3 is 45.4 Å². The number of nitrogens with zero attached hydrogens (tertiary/aromatic N) is 2. The molecular weight excluding hydrogens is 507 g/mol. The van der Waals surface area contributed by atoms with Crippen LogP contribution in [0.1, 0.15) is 59.5 Å². The Labute approximate surface area is 215 Å². The van der Waals surface area contributed by atoms with Crippen LogP contribution in [-0.2, 0) is 43.5 Å². The number of amides is 2. The normalized spacial score (nSPS) is 18.4. The fourth-order valence-electron chi connectivity index (χ4n) is 3.47. The molecule has 0 aromatic carbocycles. The van der Waals surface area contributed by atoms with E-state index >= 15 is 0 Å². The van der Waals surface area contributed by atoms with Gasteiger partial charge in [-0.25, -0.2) is 0 Å². The Bertz CT molecular complexity index is 754. The standard InChI is InChI=1S/C18H20N4O2.C4H8O.CO.Co.Cr/c23-17(15-9-3-5-11-19-15)21-13-7-1-2-8-14(13)22-18(24)16-10-4-6-12-20-16;1-2-4-5-3-1;1-2;;/h3-6,9-14H,1-2,7-8H2,(H,21,23)(H,22,24);1-4H2;;;/q;;;2*+3. The molecule has 2 amide bonds. The van der Waals surface area contributed by atoms with Gasteiger partial charge in [-0.3, -0.25) is 19.6 Å². The molecule has 4 rings (SSSR count). The number of nitrogens with one attached hydrogen (secondary N) is 2. The van der Waals surface area contributed by atoms with Crippen LogP contribution in [0.15, 0.2) is 48.8 Å². The molecule has 2 aromatic heterocycles. The SMILES string of the molecule is C1CCOC1.O=C(NC1CCCCC1NC(=O)c1ccccn1)c1ccccn1.[C-]#[O+].[Co+3].[Cr+3]. The Hall–Kier alpha value is -2.02. The maximum Gasteiger partial charge on any atom is 3.00 e. The largest absolute Gasteiger partial charge is 3.00 e. The van der Waals surface area contributed by atoms with Crippen LogP contribution < -0.4 is 10.6 Å². The van der Waals surface area contributed by atoms with E-state index in [2.05, 4.69) is 27.3 Å². The Morgan fingerprint density at radius 1 is 0.818 bits per heavy atom. The first-order chi connectivity index (χ1) is 15.2. The molecule has 2 aromatic rings. The van der Waals surface area contributed by atoms with Crippen LogP contribution in [0.5, 0.6) is 0 Å². The topological polar surface area (TPSA) is 113 Å². The van der Waals surface area contributed by atoms with Gasteiger partial charge in [-0.1, -0.05) is 25.0 Å². The van der Waals surface area contributed by atoms with Gasteiger partial charge in [0.05, 0.1) is 0 Å². The van der Waals surface area contributed by atoms with Crippen LogP contribution in [0.25, 0.3) is 0 Å². The Balaban J connectivity index is 0.000000992. The summed E-state index contributed by atoms with van der Waals surface area (Å²) in [7, 11) is 0. The van der Waals surface area contributed by atoms with E-state index < -0.39 is 0 Å². The monoisotopic (exact) mass is 535 g/mol. The number of carbonyl (C=O) groups excluding carboxylic acids is 2. The zero-order valence-electron chi connectivity index (χ0n) is 18.2. The molecule has 2 atom stereocenters. The zero-order valence-corrected chi connectivity index (χ0v) is 20.5. The van der Waals surface area contributed by atoms with Crippen LogP contribution in [0, 0.1) is 6.65 Å². The molecule has 2 N–H and O–H groups in total. The van der Waals surface area contributed by atoms with Gasteiger partial charge in [-0.2, -0.15) is 0 Å². The molecular formula is C23H28CoCrN4O4+6. The number of ether oxygens (including phenoxy) is 1. The molecule has 1 aliphatic heterocycles. The molecule has 1 aliphatic carbocycles. The van der Waals surface area contributed by atoms with Crippen molar-refractivity contribution in [1.82, 2.24) is 20.6 Å². The third-order valence-corrected chi connectivity index (χ3v) is 5.02. The van der Waals surface area contributed by atoms with Crippen molar-refractivity contribution in [2.24, 2.45) is 0 Å². The van der Waals surface area contributed by atoms with Gasteiger partial charge in [0.25, 0.3) is 11.8 Å². The van der Waals surface area contributed by atoms with E-state index in [-0.39, 0.29) is 58.0 Å². The second-order valence-electron chi connectivity index (χ2n) is 7.19. The van der Waals surface area contributed by atoms with Crippen LogP contribution in [-0.4, -0.2) is 47.1 Å². The second-order valence-corrected chi connectivity index (χ2v) is 7.19. The molecule has 2 unspecified atom stereocenters. The summed E-state index contributed by atoms with van der Waals surface area (Å²) in [5.41, 5.74) is 0.774. The minimum absolute atomic E-state index is 0. The maximum atomic E-state index is 12.3. The molecule has 173 valence electrons. The Kier molecular flexibility index (Phi) is 17.3. The Morgan fingerprint density at radius 2 is 1.24 bits per heavy atom. The minimum atomic E-state index is -0.209. The molecule has 3 heterocycles. The number of aromatic nitrogens is 2. The summed E-state index contributed by atoms with van der Waals surface area (Å²) in [4.78, 5) is 32.8. The summed E-state index contributed by atoms with van der Waals surface area (Å²) in [6.45, 7) is 6.50. The fraction of sp³-hybridized carbons (Fsp3) is 0.435. The summed E-state index contributed by atoms with van der Waals surface area (Å²) in [5, 5.41) is 6.01. The molecule has 2 fully saturated rings. The average Bonchev–Trinajstić information content (AvgIpc) is 3.43. The molecule has 2 aliphatic rings. The molecule has 8 nitrogen and oxygen atoms in total. The van der Waals surface area contributed by atoms with Crippen molar-refractivity contribution < 1.29 is 53.1 Å². The maximum absolute atomic E-state index is 12.3. The summed E-state index contributed by atoms with van der Waals surface area (Å²) in [6, 6.07) is 10.3. The summed E-state index contributed by atoms with van der Waals surface area (Å²) >= 11 is 0. The summed E-state index contributed by atoms with van der Waals surface area (Å²) < 4.78 is 12.4. The van der Waals surface area contributed by atoms with E-state index in [1.807, 2.05) is 0 Å². The van der Waals surface area contributed by atoms with Gasteiger partial charge < -0.3 is 15.4 Å². The van der Waals surface area contributed by atoms with Gasteiger partial charge in [0.1, 0.15) is 11.4 Å². The van der Waals surface area contributed by atoms with Crippen LogP contribution in [0.4, 0.5) is 0 Å². The van der Waals surface area contributed by atoms with Gasteiger partial charge in [-0.15, -0.1) is 0 Å². The van der Waals surface area contributed by atoms with E-state index in [1.54, 1.807) is 48.8 Å². The van der Waals surface area contributed by atoms with Gasteiger partial charge in [-0.05, 0) is 49.9 Å². The first-order valence-electron chi connectivity index (χ1n) is 10.5. The molecule has 1 radical (unpaired) electrons. The fourth-order valence-corrected chi connectivity index (χ4v) is 3.47. The number of pyridine rings is 2. The average molecular weight is 535 g/mol. The first kappa shape index (κ1) is 31.0. The molecule has 1 saturated heterocycles. The third-order valence-electron chi connectivity index (χ3n) is 5.02. The van der Waals surface area contributed by atoms with Crippen molar-refractivity contribution in [2.45, 2.75) is 50.6 Å². The van der Waals surface area contributed by atoms with E-state index in [9.17, 15) is 9.59 Å². The summed E-state index contributed by atoms with van der Waals surface area (Å²) in [5.74, 6) is -0.417. The molecule has 10 heteroatoms. The van der Waals surface area contributed by atoms with Crippen molar-refractivity contribution in [3.63, 3.8) is 0 Å². The smallest absolute Gasteiger partial charge is 3.00 e. The minimum Gasteiger partial charge on any atom is 3.00 e.